The largest absolute Gasteiger partial charge is 0.0880 e. The van der Waals surface area contributed by atoms with Crippen molar-refractivity contribution < 1.29 is 0 Å². The summed E-state index contributed by atoms with van der Waals surface area (Å²) in [5, 5.41) is 0.962. The van der Waals surface area contributed by atoms with Crippen LogP contribution in [0.4, 0.5) is 0 Å². The maximum atomic E-state index is 3.35. The summed E-state index contributed by atoms with van der Waals surface area (Å²) in [4.78, 5) is 0. The zero-order valence-corrected chi connectivity index (χ0v) is 7.64. The van der Waals surface area contributed by atoms with Gasteiger partial charge in [-0.15, -0.1) is 0 Å². The molecule has 0 saturated heterocycles. The fraction of sp³-hybridized carbons (Fsp3) is 0.600. The van der Waals surface area contributed by atoms with Crippen molar-refractivity contribution in [1.82, 2.24) is 0 Å². The van der Waals surface area contributed by atoms with Gasteiger partial charge in [0.1, 0.15) is 0 Å². The second-order valence-corrected chi connectivity index (χ2v) is 3.20. The van der Waals surface area contributed by atoms with E-state index in [2.05, 4.69) is 38.8 Å². The lowest BCUT2D eigenvalue weighted by molar-refractivity contribution is 1.38. The molecule has 0 aromatic carbocycles. The summed E-state index contributed by atoms with van der Waals surface area (Å²) >= 11 is 6.68. The lowest BCUT2D eigenvalue weighted by Gasteiger charge is -1.91. The SMILES string of the molecule is C/C(Br)=C(/C)CBr. The summed E-state index contributed by atoms with van der Waals surface area (Å²) < 4.78 is 1.23. The second kappa shape index (κ2) is 3.67. The van der Waals surface area contributed by atoms with Gasteiger partial charge in [-0.3, -0.25) is 0 Å². The molecular weight excluding hydrogens is 220 g/mol. The van der Waals surface area contributed by atoms with E-state index in [0.29, 0.717) is 0 Å². The average molecular weight is 228 g/mol. The molecule has 0 heterocycles. The molecule has 0 fully saturated rings. The third-order valence-electron chi connectivity index (χ3n) is 0.789. The number of rotatable bonds is 1. The van der Waals surface area contributed by atoms with Crippen molar-refractivity contribution in [3.8, 4) is 0 Å². The van der Waals surface area contributed by atoms with Gasteiger partial charge in [-0.2, -0.15) is 0 Å². The molecule has 0 aliphatic heterocycles. The molecule has 7 heavy (non-hydrogen) atoms. The number of halogens is 2. The summed E-state index contributed by atoms with van der Waals surface area (Å²) in [5.74, 6) is 0. The first-order valence-electron chi connectivity index (χ1n) is 2.06. The zero-order chi connectivity index (χ0) is 5.86. The van der Waals surface area contributed by atoms with Crippen LogP contribution in [0.2, 0.25) is 0 Å². The van der Waals surface area contributed by atoms with Gasteiger partial charge in [0, 0.05) is 5.33 Å². The van der Waals surface area contributed by atoms with Crippen LogP contribution in [0, 0.1) is 0 Å². The van der Waals surface area contributed by atoms with E-state index in [1.165, 1.54) is 10.1 Å². The molecule has 0 aliphatic carbocycles. The quantitative estimate of drug-likeness (QED) is 0.605. The predicted octanol–water partition coefficient (Wildman–Crippen LogP) is 3.07. The van der Waals surface area contributed by atoms with Gasteiger partial charge < -0.3 is 0 Å². The Bertz CT molecular complexity index is 80.1. The standard InChI is InChI=1S/C5H8Br2/c1-4(3-6)5(2)7/h3H2,1-2H3/b5-4+. The van der Waals surface area contributed by atoms with E-state index in [-0.39, 0.29) is 0 Å². The maximum absolute atomic E-state index is 3.35. The van der Waals surface area contributed by atoms with Gasteiger partial charge in [-0.25, -0.2) is 0 Å². The van der Waals surface area contributed by atoms with E-state index in [1.54, 1.807) is 0 Å². The average Bonchev–Trinajstić information content (AvgIpc) is 1.65. The van der Waals surface area contributed by atoms with Crippen LogP contribution in [0.15, 0.2) is 10.1 Å². The minimum absolute atomic E-state index is 0.962. The van der Waals surface area contributed by atoms with Crippen LogP contribution in [-0.2, 0) is 0 Å². The minimum Gasteiger partial charge on any atom is -0.0880 e. The normalized spacial score (nSPS) is 13.7. The molecule has 0 amide bonds. The third kappa shape index (κ3) is 3.30. The molecule has 0 aromatic rings. The molecule has 0 atom stereocenters. The molecule has 0 bridgehead atoms. The Labute approximate surface area is 61.2 Å². The Kier molecular flexibility index (Phi) is 4.04. The summed E-state index contributed by atoms with van der Waals surface area (Å²) in [6, 6.07) is 0. The van der Waals surface area contributed by atoms with E-state index < -0.39 is 0 Å². The molecular formula is C5H8Br2. The molecule has 0 N–H and O–H groups in total. The molecule has 0 saturated carbocycles. The van der Waals surface area contributed by atoms with Crippen LogP contribution in [0.3, 0.4) is 0 Å². The smallest absolute Gasteiger partial charge is 0.0249 e. The van der Waals surface area contributed by atoms with Gasteiger partial charge in [0.2, 0.25) is 0 Å². The van der Waals surface area contributed by atoms with Crippen molar-refractivity contribution in [2.24, 2.45) is 0 Å². The van der Waals surface area contributed by atoms with E-state index in [0.717, 1.165) is 5.33 Å². The molecule has 0 radical (unpaired) electrons. The van der Waals surface area contributed by atoms with Crippen molar-refractivity contribution in [3.63, 3.8) is 0 Å². The van der Waals surface area contributed by atoms with Crippen molar-refractivity contribution in [1.29, 1.82) is 0 Å². The maximum Gasteiger partial charge on any atom is 0.0249 e. The van der Waals surface area contributed by atoms with Gasteiger partial charge >= 0.3 is 0 Å². The van der Waals surface area contributed by atoms with Gasteiger partial charge in [0.05, 0.1) is 0 Å². The van der Waals surface area contributed by atoms with Crippen molar-refractivity contribution in [3.05, 3.63) is 10.1 Å². The first kappa shape index (κ1) is 7.70. The van der Waals surface area contributed by atoms with Crippen LogP contribution in [0.25, 0.3) is 0 Å². The summed E-state index contributed by atoms with van der Waals surface area (Å²) in [7, 11) is 0. The van der Waals surface area contributed by atoms with Crippen LogP contribution in [-0.4, -0.2) is 5.33 Å². The number of allylic oxidation sites excluding steroid dienone is 2. The van der Waals surface area contributed by atoms with Gasteiger partial charge in [0.25, 0.3) is 0 Å². The Hall–Kier alpha value is 0.700. The topological polar surface area (TPSA) is 0 Å². The molecule has 0 unspecified atom stereocenters. The molecule has 0 aliphatic rings. The highest BCUT2D eigenvalue weighted by molar-refractivity contribution is 9.11. The van der Waals surface area contributed by atoms with Crippen molar-refractivity contribution in [2.45, 2.75) is 13.8 Å². The highest BCUT2D eigenvalue weighted by atomic mass is 79.9. The van der Waals surface area contributed by atoms with E-state index >= 15 is 0 Å². The van der Waals surface area contributed by atoms with Crippen molar-refractivity contribution >= 4 is 31.9 Å². The van der Waals surface area contributed by atoms with Crippen LogP contribution in [0.1, 0.15) is 13.8 Å². The Morgan fingerprint density at radius 2 is 1.86 bits per heavy atom. The molecule has 42 valence electrons. The highest BCUT2D eigenvalue weighted by Gasteiger charge is 1.86. The zero-order valence-electron chi connectivity index (χ0n) is 4.46. The monoisotopic (exact) mass is 226 g/mol. The van der Waals surface area contributed by atoms with Gasteiger partial charge in [-0.1, -0.05) is 37.4 Å². The fourth-order valence-electron chi connectivity index (χ4n) is 0.0921. The highest BCUT2D eigenvalue weighted by Crippen LogP contribution is 2.11. The lowest BCUT2D eigenvalue weighted by Crippen LogP contribution is -1.74. The van der Waals surface area contributed by atoms with Crippen LogP contribution < -0.4 is 0 Å². The van der Waals surface area contributed by atoms with E-state index in [4.69, 9.17) is 0 Å². The van der Waals surface area contributed by atoms with E-state index in [1.807, 2.05) is 6.92 Å². The summed E-state index contributed by atoms with van der Waals surface area (Å²) in [6.45, 7) is 4.12. The predicted molar refractivity (Wildman–Crippen MR) is 41.1 cm³/mol. The Morgan fingerprint density at radius 3 is 1.86 bits per heavy atom. The van der Waals surface area contributed by atoms with E-state index in [9.17, 15) is 0 Å². The number of hydrogen-bond acceptors (Lipinski definition) is 0. The van der Waals surface area contributed by atoms with Crippen molar-refractivity contribution in [2.75, 3.05) is 5.33 Å². The van der Waals surface area contributed by atoms with Gasteiger partial charge in [0.15, 0.2) is 0 Å². The first-order valence-corrected chi connectivity index (χ1v) is 3.97. The Morgan fingerprint density at radius 1 is 1.43 bits per heavy atom. The fourth-order valence-corrected chi connectivity index (χ4v) is 1.03. The molecule has 0 rings (SSSR count). The molecule has 0 aromatic heterocycles. The molecule has 0 spiro atoms. The lowest BCUT2D eigenvalue weighted by atomic mass is 10.3. The summed E-state index contributed by atoms with van der Waals surface area (Å²) in [5.41, 5.74) is 1.35. The minimum atomic E-state index is 0.962. The molecule has 2 heteroatoms. The summed E-state index contributed by atoms with van der Waals surface area (Å²) in [6.07, 6.45) is 0. The first-order chi connectivity index (χ1) is 3.18. The third-order valence-corrected chi connectivity index (χ3v) is 2.31. The number of alkyl halides is 1. The van der Waals surface area contributed by atoms with Crippen LogP contribution >= 0.6 is 31.9 Å². The van der Waals surface area contributed by atoms with Gasteiger partial charge in [-0.05, 0) is 18.3 Å². The number of hydrogen-bond donors (Lipinski definition) is 0. The van der Waals surface area contributed by atoms with Crippen LogP contribution in [0.5, 0.6) is 0 Å². The molecule has 0 nitrogen and oxygen atoms in total. The Balaban J connectivity index is 3.72. The second-order valence-electron chi connectivity index (χ2n) is 1.45.